The number of carbonyl (C=O) groups is 2. The summed E-state index contributed by atoms with van der Waals surface area (Å²) in [6.45, 7) is 2.88. The molecule has 0 bridgehead atoms. The second kappa shape index (κ2) is 7.23. The summed E-state index contributed by atoms with van der Waals surface area (Å²) in [6.07, 6.45) is 4.73. The number of rotatable bonds is 6. The zero-order chi connectivity index (χ0) is 18.2. The van der Waals surface area contributed by atoms with Crippen molar-refractivity contribution < 1.29 is 23.1 Å². The third kappa shape index (κ3) is 3.84. The SMILES string of the molecule is CCCS(=O)(=O)N1CCCCC1C(=O)N1C[C@H](C(=O)O)[C@@H](C2CC2)C1. The van der Waals surface area contributed by atoms with Crippen molar-refractivity contribution in [2.24, 2.45) is 17.8 Å². The van der Waals surface area contributed by atoms with Gasteiger partial charge in [-0.25, -0.2) is 8.42 Å². The quantitative estimate of drug-likeness (QED) is 0.755. The summed E-state index contributed by atoms with van der Waals surface area (Å²) in [5, 5.41) is 9.48. The number of piperidine rings is 1. The van der Waals surface area contributed by atoms with E-state index in [2.05, 4.69) is 0 Å². The summed E-state index contributed by atoms with van der Waals surface area (Å²) in [6, 6.07) is -0.655. The van der Waals surface area contributed by atoms with Gasteiger partial charge in [0, 0.05) is 19.6 Å². The molecule has 3 aliphatic rings. The number of sulfonamides is 1. The second-order valence-corrected chi connectivity index (χ2v) is 9.67. The average Bonchev–Trinajstić information content (AvgIpc) is 3.32. The monoisotopic (exact) mass is 372 g/mol. The fraction of sp³-hybridized carbons (Fsp3) is 0.882. The largest absolute Gasteiger partial charge is 0.481 e. The first kappa shape index (κ1) is 18.6. The average molecular weight is 372 g/mol. The lowest BCUT2D eigenvalue weighted by Crippen LogP contribution is -2.53. The van der Waals surface area contributed by atoms with Crippen LogP contribution in [-0.4, -0.2) is 66.0 Å². The number of hydrogen-bond acceptors (Lipinski definition) is 4. The molecule has 2 saturated heterocycles. The highest BCUT2D eigenvalue weighted by Crippen LogP contribution is 2.44. The summed E-state index contributed by atoms with van der Waals surface area (Å²) >= 11 is 0. The molecule has 3 atom stereocenters. The maximum Gasteiger partial charge on any atom is 0.308 e. The Morgan fingerprint density at radius 3 is 2.44 bits per heavy atom. The fourth-order valence-corrected chi connectivity index (χ4v) is 6.08. The van der Waals surface area contributed by atoms with Gasteiger partial charge in [0.2, 0.25) is 15.9 Å². The predicted molar refractivity (Wildman–Crippen MR) is 92.3 cm³/mol. The number of hydrogen-bond donors (Lipinski definition) is 1. The smallest absolute Gasteiger partial charge is 0.308 e. The van der Waals surface area contributed by atoms with Gasteiger partial charge in [-0.05, 0) is 43.9 Å². The fourth-order valence-electron chi connectivity index (χ4n) is 4.34. The molecule has 0 aromatic heterocycles. The second-order valence-electron chi connectivity index (χ2n) is 7.63. The highest BCUT2D eigenvalue weighted by atomic mass is 32.2. The molecule has 25 heavy (non-hydrogen) atoms. The maximum atomic E-state index is 13.0. The van der Waals surface area contributed by atoms with Crippen molar-refractivity contribution in [1.29, 1.82) is 0 Å². The molecule has 3 rings (SSSR count). The van der Waals surface area contributed by atoms with Gasteiger partial charge < -0.3 is 10.0 Å². The van der Waals surface area contributed by atoms with E-state index in [1.807, 2.05) is 6.92 Å². The van der Waals surface area contributed by atoms with Crippen molar-refractivity contribution in [1.82, 2.24) is 9.21 Å². The molecule has 1 N–H and O–H groups in total. The standard InChI is InChI=1S/C17H28N2O5S/c1-2-9-25(23,24)19-8-4-3-5-15(19)16(20)18-10-13(12-6-7-12)14(11-18)17(21)22/h12-15H,2-11H2,1H3,(H,21,22)/t13-,14+,15?/m1/s1. The molecule has 8 heteroatoms. The van der Waals surface area contributed by atoms with Crippen molar-refractivity contribution >= 4 is 21.9 Å². The first-order valence-electron chi connectivity index (χ1n) is 9.36. The van der Waals surface area contributed by atoms with Gasteiger partial charge in [-0.1, -0.05) is 13.3 Å². The summed E-state index contributed by atoms with van der Waals surface area (Å²) in [4.78, 5) is 26.2. The van der Waals surface area contributed by atoms with Crippen molar-refractivity contribution in [2.75, 3.05) is 25.4 Å². The van der Waals surface area contributed by atoms with Crippen molar-refractivity contribution in [3.63, 3.8) is 0 Å². The molecular formula is C17H28N2O5S. The van der Waals surface area contributed by atoms with Crippen LogP contribution >= 0.6 is 0 Å². The Labute approximate surface area is 149 Å². The number of nitrogens with zero attached hydrogens (tertiary/aromatic N) is 2. The van der Waals surface area contributed by atoms with E-state index in [1.54, 1.807) is 4.90 Å². The zero-order valence-electron chi connectivity index (χ0n) is 14.8. The first-order chi connectivity index (χ1) is 11.8. The topological polar surface area (TPSA) is 95.0 Å². The Kier molecular flexibility index (Phi) is 5.39. The van der Waals surface area contributed by atoms with E-state index in [9.17, 15) is 23.1 Å². The zero-order valence-corrected chi connectivity index (χ0v) is 15.6. The van der Waals surface area contributed by atoms with Crippen LogP contribution in [0.25, 0.3) is 0 Å². The molecule has 142 valence electrons. The summed E-state index contributed by atoms with van der Waals surface area (Å²) < 4.78 is 26.4. The molecule has 1 amide bonds. The summed E-state index contributed by atoms with van der Waals surface area (Å²) in [7, 11) is -3.43. The molecular weight excluding hydrogens is 344 g/mol. The van der Waals surface area contributed by atoms with Crippen LogP contribution in [-0.2, 0) is 19.6 Å². The van der Waals surface area contributed by atoms with Gasteiger partial charge in [-0.3, -0.25) is 9.59 Å². The van der Waals surface area contributed by atoms with E-state index in [4.69, 9.17) is 0 Å². The van der Waals surface area contributed by atoms with E-state index >= 15 is 0 Å². The number of amides is 1. The van der Waals surface area contributed by atoms with Crippen LogP contribution in [0.4, 0.5) is 0 Å². The van der Waals surface area contributed by atoms with Crippen LogP contribution in [0.2, 0.25) is 0 Å². The van der Waals surface area contributed by atoms with Gasteiger partial charge in [0.15, 0.2) is 0 Å². The number of aliphatic carboxylic acids is 1. The van der Waals surface area contributed by atoms with Crippen LogP contribution in [0, 0.1) is 17.8 Å². The Morgan fingerprint density at radius 1 is 1.12 bits per heavy atom. The Bertz CT molecular complexity index is 631. The number of likely N-dealkylation sites (tertiary alicyclic amines) is 1. The van der Waals surface area contributed by atoms with E-state index in [0.717, 1.165) is 25.7 Å². The molecule has 0 aromatic carbocycles. The molecule has 0 radical (unpaired) electrons. The lowest BCUT2D eigenvalue weighted by molar-refractivity contribution is -0.143. The van der Waals surface area contributed by atoms with Gasteiger partial charge in [-0.15, -0.1) is 0 Å². The number of carboxylic acid groups (broad SMARTS) is 1. The third-order valence-electron chi connectivity index (χ3n) is 5.78. The number of carbonyl (C=O) groups excluding carboxylic acids is 1. The minimum Gasteiger partial charge on any atom is -0.481 e. The molecule has 1 unspecified atom stereocenters. The van der Waals surface area contributed by atoms with Crippen molar-refractivity contribution in [2.45, 2.75) is 51.5 Å². The van der Waals surface area contributed by atoms with E-state index < -0.39 is 28.0 Å². The van der Waals surface area contributed by atoms with Crippen LogP contribution in [0.15, 0.2) is 0 Å². The Hall–Kier alpha value is -1.15. The summed E-state index contributed by atoms with van der Waals surface area (Å²) in [5.41, 5.74) is 0. The third-order valence-corrected chi connectivity index (χ3v) is 7.86. The molecule has 7 nitrogen and oxygen atoms in total. The molecule has 1 aliphatic carbocycles. The summed E-state index contributed by atoms with van der Waals surface area (Å²) in [5.74, 6) is -1.07. The number of carboxylic acids is 1. The normalized spacial score (nSPS) is 31.2. The van der Waals surface area contributed by atoms with E-state index in [-0.39, 0.29) is 24.1 Å². The van der Waals surface area contributed by atoms with Crippen LogP contribution in [0.5, 0.6) is 0 Å². The van der Waals surface area contributed by atoms with E-state index in [0.29, 0.717) is 31.8 Å². The van der Waals surface area contributed by atoms with Gasteiger partial charge in [0.1, 0.15) is 6.04 Å². The Balaban J connectivity index is 1.75. The minimum atomic E-state index is -3.43. The highest BCUT2D eigenvalue weighted by molar-refractivity contribution is 7.89. The first-order valence-corrected chi connectivity index (χ1v) is 11.0. The minimum absolute atomic E-state index is 0.0192. The van der Waals surface area contributed by atoms with Crippen molar-refractivity contribution in [3.05, 3.63) is 0 Å². The van der Waals surface area contributed by atoms with E-state index in [1.165, 1.54) is 4.31 Å². The Morgan fingerprint density at radius 2 is 1.84 bits per heavy atom. The van der Waals surface area contributed by atoms with Gasteiger partial charge >= 0.3 is 5.97 Å². The molecule has 1 saturated carbocycles. The lowest BCUT2D eigenvalue weighted by Gasteiger charge is -2.35. The predicted octanol–water partition coefficient (Wildman–Crippen LogP) is 1.15. The van der Waals surface area contributed by atoms with Gasteiger partial charge in [0.05, 0.1) is 11.7 Å². The molecule has 0 aromatic rings. The molecule has 2 aliphatic heterocycles. The highest BCUT2D eigenvalue weighted by Gasteiger charge is 2.49. The maximum absolute atomic E-state index is 13.0. The lowest BCUT2D eigenvalue weighted by atomic mass is 9.92. The van der Waals surface area contributed by atoms with Gasteiger partial charge in [-0.2, -0.15) is 4.31 Å². The molecule has 3 fully saturated rings. The van der Waals surface area contributed by atoms with Crippen LogP contribution < -0.4 is 0 Å². The van der Waals surface area contributed by atoms with Crippen molar-refractivity contribution in [3.8, 4) is 0 Å². The molecule has 0 spiro atoms. The molecule has 2 heterocycles. The van der Waals surface area contributed by atoms with Crippen LogP contribution in [0.3, 0.4) is 0 Å². The van der Waals surface area contributed by atoms with Gasteiger partial charge in [0.25, 0.3) is 0 Å². The van der Waals surface area contributed by atoms with Crippen LogP contribution in [0.1, 0.15) is 45.4 Å².